The number of sulfonamides is 1. The molecule has 0 atom stereocenters. The average molecular weight is 254 g/mol. The van der Waals surface area contributed by atoms with Crippen LogP contribution >= 0.6 is 11.6 Å². The predicted molar refractivity (Wildman–Crippen MR) is 63.8 cm³/mol. The normalized spacial score (nSPS) is 18.9. The third-order valence-corrected chi connectivity index (χ3v) is 5.14. The minimum atomic E-state index is -3.07. The number of hydrogen-bond acceptors (Lipinski definition) is 2. The summed E-state index contributed by atoms with van der Waals surface area (Å²) >= 11 is 5.67. The van der Waals surface area contributed by atoms with Crippen molar-refractivity contribution in [3.8, 4) is 0 Å². The Morgan fingerprint density at radius 1 is 1.33 bits per heavy atom. The van der Waals surface area contributed by atoms with Gasteiger partial charge in [-0.1, -0.05) is 19.8 Å². The Kier molecular flexibility index (Phi) is 5.36. The van der Waals surface area contributed by atoms with Gasteiger partial charge < -0.3 is 0 Å². The van der Waals surface area contributed by atoms with Gasteiger partial charge in [0.2, 0.25) is 10.0 Å². The molecule has 0 aromatic carbocycles. The monoisotopic (exact) mass is 253 g/mol. The maximum atomic E-state index is 12.0. The predicted octanol–water partition coefficient (Wildman–Crippen LogP) is 2.21. The van der Waals surface area contributed by atoms with Crippen LogP contribution in [0.1, 0.15) is 39.0 Å². The van der Waals surface area contributed by atoms with Gasteiger partial charge in [0.1, 0.15) is 0 Å². The van der Waals surface area contributed by atoms with E-state index in [0.29, 0.717) is 18.8 Å². The van der Waals surface area contributed by atoms with E-state index < -0.39 is 10.0 Å². The highest BCUT2D eigenvalue weighted by Gasteiger charge is 2.30. The van der Waals surface area contributed by atoms with Crippen LogP contribution in [-0.2, 0) is 10.0 Å². The highest BCUT2D eigenvalue weighted by molar-refractivity contribution is 7.89. The standard InChI is InChI=1S/C10H20ClNO2S/c1-2-9-15(13,14)12(8-7-11)10-5-3-4-6-10/h10H,2-9H2,1H3. The molecule has 15 heavy (non-hydrogen) atoms. The smallest absolute Gasteiger partial charge is 0.212 e. The van der Waals surface area contributed by atoms with Crippen LogP contribution in [0.4, 0.5) is 0 Å². The topological polar surface area (TPSA) is 37.4 Å². The van der Waals surface area contributed by atoms with Crippen LogP contribution in [0.3, 0.4) is 0 Å². The molecule has 3 nitrogen and oxygen atoms in total. The minimum Gasteiger partial charge on any atom is -0.212 e. The summed E-state index contributed by atoms with van der Waals surface area (Å²) in [5, 5.41) is 0. The Labute approximate surface area is 97.8 Å². The lowest BCUT2D eigenvalue weighted by molar-refractivity contribution is 0.336. The summed E-state index contributed by atoms with van der Waals surface area (Å²) in [5.74, 6) is 0.639. The summed E-state index contributed by atoms with van der Waals surface area (Å²) in [4.78, 5) is 0. The van der Waals surface area contributed by atoms with Crippen LogP contribution < -0.4 is 0 Å². The summed E-state index contributed by atoms with van der Waals surface area (Å²) in [6.45, 7) is 2.36. The molecule has 5 heteroatoms. The molecule has 0 heterocycles. The fraction of sp³-hybridized carbons (Fsp3) is 1.00. The second kappa shape index (κ2) is 6.06. The van der Waals surface area contributed by atoms with Crippen molar-refractivity contribution in [2.75, 3.05) is 18.2 Å². The molecule has 0 aliphatic heterocycles. The first-order chi connectivity index (χ1) is 7.11. The van der Waals surface area contributed by atoms with Gasteiger partial charge in [0.05, 0.1) is 5.75 Å². The van der Waals surface area contributed by atoms with Gasteiger partial charge in [-0.3, -0.25) is 0 Å². The van der Waals surface area contributed by atoms with Crippen molar-refractivity contribution in [2.45, 2.75) is 45.1 Å². The van der Waals surface area contributed by atoms with E-state index in [9.17, 15) is 8.42 Å². The molecule has 0 aromatic rings. The molecule has 0 aromatic heterocycles. The van der Waals surface area contributed by atoms with E-state index in [2.05, 4.69) is 0 Å². The minimum absolute atomic E-state index is 0.209. The zero-order chi connectivity index (χ0) is 11.3. The van der Waals surface area contributed by atoms with Gasteiger partial charge in [0, 0.05) is 18.5 Å². The average Bonchev–Trinajstić information content (AvgIpc) is 2.66. The fourth-order valence-electron chi connectivity index (χ4n) is 2.20. The first kappa shape index (κ1) is 13.3. The van der Waals surface area contributed by atoms with Crippen molar-refractivity contribution in [2.24, 2.45) is 0 Å². The van der Waals surface area contributed by atoms with E-state index in [1.165, 1.54) is 0 Å². The molecule has 0 N–H and O–H groups in total. The Hall–Kier alpha value is 0.200. The first-order valence-electron chi connectivity index (χ1n) is 5.67. The number of alkyl halides is 1. The van der Waals surface area contributed by atoms with E-state index in [1.54, 1.807) is 4.31 Å². The molecule has 1 fully saturated rings. The van der Waals surface area contributed by atoms with Crippen LogP contribution in [0.15, 0.2) is 0 Å². The van der Waals surface area contributed by atoms with E-state index in [0.717, 1.165) is 25.7 Å². The van der Waals surface area contributed by atoms with Crippen LogP contribution in [0.5, 0.6) is 0 Å². The number of rotatable bonds is 6. The lowest BCUT2D eigenvalue weighted by Crippen LogP contribution is -2.41. The molecule has 1 aliphatic rings. The van der Waals surface area contributed by atoms with Crippen molar-refractivity contribution in [1.82, 2.24) is 4.31 Å². The molecule has 0 spiro atoms. The lowest BCUT2D eigenvalue weighted by Gasteiger charge is -2.27. The summed E-state index contributed by atoms with van der Waals surface area (Å²) in [5.41, 5.74) is 0. The lowest BCUT2D eigenvalue weighted by atomic mass is 10.2. The largest absolute Gasteiger partial charge is 0.214 e. The maximum Gasteiger partial charge on any atom is 0.214 e. The Morgan fingerprint density at radius 3 is 2.40 bits per heavy atom. The van der Waals surface area contributed by atoms with Crippen LogP contribution in [0, 0.1) is 0 Å². The van der Waals surface area contributed by atoms with Gasteiger partial charge in [-0.15, -0.1) is 11.6 Å². The number of nitrogens with zero attached hydrogens (tertiary/aromatic N) is 1. The summed E-state index contributed by atoms with van der Waals surface area (Å²) in [6, 6.07) is 0.209. The van der Waals surface area contributed by atoms with Crippen LogP contribution in [-0.4, -0.2) is 36.9 Å². The van der Waals surface area contributed by atoms with Gasteiger partial charge in [0.15, 0.2) is 0 Å². The third kappa shape index (κ3) is 3.61. The molecule has 1 saturated carbocycles. The molecule has 0 saturated heterocycles. The summed E-state index contributed by atoms with van der Waals surface area (Å²) in [6.07, 6.45) is 4.96. The molecule has 0 unspecified atom stereocenters. The van der Waals surface area contributed by atoms with Crippen molar-refractivity contribution < 1.29 is 8.42 Å². The Morgan fingerprint density at radius 2 is 1.93 bits per heavy atom. The number of hydrogen-bond donors (Lipinski definition) is 0. The van der Waals surface area contributed by atoms with E-state index in [4.69, 9.17) is 11.6 Å². The Bertz CT molecular complexity index is 273. The quantitative estimate of drug-likeness (QED) is 0.681. The molecule has 1 rings (SSSR count). The van der Waals surface area contributed by atoms with E-state index in [1.807, 2.05) is 6.92 Å². The van der Waals surface area contributed by atoms with Crippen molar-refractivity contribution >= 4 is 21.6 Å². The van der Waals surface area contributed by atoms with Crippen molar-refractivity contribution in [3.05, 3.63) is 0 Å². The zero-order valence-electron chi connectivity index (χ0n) is 9.28. The van der Waals surface area contributed by atoms with Gasteiger partial charge in [0.25, 0.3) is 0 Å². The second-order valence-electron chi connectivity index (χ2n) is 4.05. The molecular weight excluding hydrogens is 234 g/mol. The molecule has 1 aliphatic carbocycles. The number of halogens is 1. The summed E-state index contributed by atoms with van der Waals surface area (Å²) in [7, 11) is -3.07. The Balaban J connectivity index is 2.71. The van der Waals surface area contributed by atoms with E-state index >= 15 is 0 Å². The van der Waals surface area contributed by atoms with Gasteiger partial charge in [-0.25, -0.2) is 8.42 Å². The van der Waals surface area contributed by atoms with Gasteiger partial charge >= 0.3 is 0 Å². The first-order valence-corrected chi connectivity index (χ1v) is 7.81. The zero-order valence-corrected chi connectivity index (χ0v) is 10.9. The fourth-order valence-corrected chi connectivity index (χ4v) is 4.27. The second-order valence-corrected chi connectivity index (χ2v) is 6.47. The third-order valence-electron chi connectivity index (χ3n) is 2.86. The molecule has 0 radical (unpaired) electrons. The molecular formula is C10H20ClNO2S. The molecule has 0 bridgehead atoms. The van der Waals surface area contributed by atoms with E-state index in [-0.39, 0.29) is 11.8 Å². The SMILES string of the molecule is CCCS(=O)(=O)N(CCCl)C1CCCC1. The van der Waals surface area contributed by atoms with Gasteiger partial charge in [-0.05, 0) is 19.3 Å². The summed E-state index contributed by atoms with van der Waals surface area (Å²) < 4.78 is 25.6. The molecule has 90 valence electrons. The van der Waals surface area contributed by atoms with Crippen LogP contribution in [0.25, 0.3) is 0 Å². The van der Waals surface area contributed by atoms with Crippen LogP contribution in [0.2, 0.25) is 0 Å². The van der Waals surface area contributed by atoms with Gasteiger partial charge in [-0.2, -0.15) is 4.31 Å². The van der Waals surface area contributed by atoms with Crippen molar-refractivity contribution in [1.29, 1.82) is 0 Å². The maximum absolute atomic E-state index is 12.0. The van der Waals surface area contributed by atoms with Crippen molar-refractivity contribution in [3.63, 3.8) is 0 Å². The molecule has 0 amide bonds. The highest BCUT2D eigenvalue weighted by Crippen LogP contribution is 2.25. The highest BCUT2D eigenvalue weighted by atomic mass is 35.5.